The van der Waals surface area contributed by atoms with Gasteiger partial charge >= 0.3 is 26.2 Å². The molecule has 0 saturated heterocycles. The molecule has 0 radical (unpaired) electrons. The van der Waals surface area contributed by atoms with Gasteiger partial charge in [0, 0.05) is 0 Å². The number of hydrogen-bond acceptors (Lipinski definition) is 0. The van der Waals surface area contributed by atoms with Crippen LogP contribution in [-0.4, -0.2) is 52.4 Å². The van der Waals surface area contributed by atoms with Gasteiger partial charge in [-0.2, -0.15) is 26.2 Å². The van der Waals surface area contributed by atoms with Crippen LogP contribution in [0.15, 0.2) is 0 Å². The molecule has 0 rings (SSSR count). The first-order chi connectivity index (χ1) is 11.7. The summed E-state index contributed by atoms with van der Waals surface area (Å²) in [6, 6.07) is 0. The Morgan fingerprint density at radius 2 is 0.520 bits per heavy atom. The maximum atomic E-state index is 4.09. The average molecular weight is 436 g/mol. The maximum absolute atomic E-state index is 4.09. The van der Waals surface area contributed by atoms with E-state index in [4.69, 9.17) is 0 Å². The average Bonchev–Trinajstić information content (AvgIpc) is 2.62. The molecule has 0 saturated carbocycles. The molecule has 0 aliphatic carbocycles. The fourth-order valence-corrected chi connectivity index (χ4v) is 1.26. The Labute approximate surface area is 180 Å². The van der Waals surface area contributed by atoms with Crippen LogP contribution in [0.3, 0.4) is 0 Å². The molecule has 0 unspecified atom stereocenters. The van der Waals surface area contributed by atoms with E-state index < -0.39 is 0 Å². The van der Waals surface area contributed by atoms with Gasteiger partial charge in [0.2, 0.25) is 0 Å². The van der Waals surface area contributed by atoms with Crippen molar-refractivity contribution in [3.63, 3.8) is 0 Å². The van der Waals surface area contributed by atoms with Crippen molar-refractivity contribution in [2.75, 3.05) is 52.4 Å². The Morgan fingerprint density at radius 3 is 0.560 bits per heavy atom. The summed E-state index contributed by atoms with van der Waals surface area (Å²) in [6.07, 6.45) is 4.75. The van der Waals surface area contributed by atoms with Crippen LogP contribution in [0.1, 0.15) is 81.1 Å². The Hall–Kier alpha value is 0.723. The van der Waals surface area contributed by atoms with Crippen LogP contribution in [0, 0.1) is 0 Å². The minimum Gasteiger partial charge on any atom is -0.662 e. The van der Waals surface area contributed by atoms with E-state index in [2.05, 4.69) is 76.7 Å². The predicted octanol–water partition coefficient (Wildman–Crippen LogP) is 7.16. The van der Waals surface area contributed by atoms with E-state index in [9.17, 15) is 0 Å². The first-order valence-corrected chi connectivity index (χ1v) is 10.2. The molecule has 0 aromatic carbocycles. The summed E-state index contributed by atoms with van der Waals surface area (Å²) in [4.78, 5) is 0. The molecule has 25 heavy (non-hydrogen) atoms. The maximum Gasteiger partial charge on any atom is 4.00 e. The zero-order chi connectivity index (χ0) is 19.3. The van der Waals surface area contributed by atoms with E-state index in [1.165, 1.54) is 25.7 Å². The van der Waals surface area contributed by atoms with Crippen molar-refractivity contribution in [2.24, 2.45) is 0 Å². The number of rotatable bonds is 12. The van der Waals surface area contributed by atoms with Crippen LogP contribution in [0.5, 0.6) is 0 Å². The molecule has 0 heterocycles. The van der Waals surface area contributed by atoms with E-state index in [0.717, 1.165) is 52.4 Å². The monoisotopic (exact) mass is 434 g/mol. The first kappa shape index (κ1) is 36.6. The third-order valence-corrected chi connectivity index (χ3v) is 2.42. The predicted molar refractivity (Wildman–Crippen MR) is 116 cm³/mol. The molecule has 152 valence electrons. The molecule has 0 bridgehead atoms. The van der Waals surface area contributed by atoms with Crippen LogP contribution in [0.4, 0.5) is 0 Å². The van der Waals surface area contributed by atoms with Crippen molar-refractivity contribution >= 4 is 0 Å². The van der Waals surface area contributed by atoms with Crippen LogP contribution in [0.25, 0.3) is 21.3 Å². The molecule has 0 aliphatic heterocycles. The number of hydrogen-bond donors (Lipinski definition) is 0. The Bertz CT molecular complexity index is 102. The van der Waals surface area contributed by atoms with Crippen molar-refractivity contribution in [1.29, 1.82) is 0 Å². The second-order valence-electron chi connectivity index (χ2n) is 5.05. The van der Waals surface area contributed by atoms with Gasteiger partial charge in [-0.05, 0) is 0 Å². The minimum atomic E-state index is 0. The second kappa shape index (κ2) is 49.8. The van der Waals surface area contributed by atoms with Gasteiger partial charge in [0.15, 0.2) is 0 Å². The third kappa shape index (κ3) is 78.9. The second-order valence-corrected chi connectivity index (χ2v) is 5.05. The zero-order valence-electron chi connectivity index (χ0n) is 18.8. The third-order valence-electron chi connectivity index (χ3n) is 2.42. The molecule has 0 spiro atoms. The molecule has 0 amide bonds. The van der Waals surface area contributed by atoms with Gasteiger partial charge in [-0.25, -0.2) is 0 Å². The van der Waals surface area contributed by atoms with Gasteiger partial charge < -0.3 is 21.3 Å². The van der Waals surface area contributed by atoms with E-state index >= 15 is 0 Å². The molecule has 5 heteroatoms. The van der Waals surface area contributed by atoms with Crippen LogP contribution < -0.4 is 0 Å². The van der Waals surface area contributed by atoms with Crippen molar-refractivity contribution < 1.29 is 26.2 Å². The summed E-state index contributed by atoms with van der Waals surface area (Å²) in [5, 5.41) is 16.4. The first-order valence-electron chi connectivity index (χ1n) is 10.2. The molecule has 0 aromatic rings. The van der Waals surface area contributed by atoms with Gasteiger partial charge in [0.05, 0.1) is 0 Å². The fraction of sp³-hybridized carbons (Fsp3) is 1.00. The van der Waals surface area contributed by atoms with Gasteiger partial charge in [-0.3, -0.25) is 0 Å². The summed E-state index contributed by atoms with van der Waals surface area (Å²) in [5.74, 6) is 0. The number of nitrogens with zero attached hydrogens (tertiary/aromatic N) is 4. The fourth-order valence-electron chi connectivity index (χ4n) is 1.26. The van der Waals surface area contributed by atoms with Crippen LogP contribution >= 0.6 is 0 Å². The van der Waals surface area contributed by atoms with Gasteiger partial charge in [-0.15, -0.1) is 26.2 Å². The molecule has 0 aliphatic rings. The van der Waals surface area contributed by atoms with E-state index in [1.807, 2.05) is 0 Å². The van der Waals surface area contributed by atoms with Crippen molar-refractivity contribution in [1.82, 2.24) is 0 Å². The Balaban J connectivity index is -0.0000000702. The van der Waals surface area contributed by atoms with Crippen molar-refractivity contribution in [2.45, 2.75) is 81.1 Å². The van der Waals surface area contributed by atoms with Crippen LogP contribution in [-0.2, 0) is 26.2 Å². The SMILES string of the molecule is CCC[N-]CC.CCC[N-]CC.CCC[N-]CC.CCC[N-]CC.[Zr+4]. The summed E-state index contributed by atoms with van der Waals surface area (Å²) >= 11 is 0. The molecule has 0 N–H and O–H groups in total. The summed E-state index contributed by atoms with van der Waals surface area (Å²) in [5.41, 5.74) is 0. The van der Waals surface area contributed by atoms with E-state index in [-0.39, 0.29) is 26.2 Å². The van der Waals surface area contributed by atoms with E-state index in [1.54, 1.807) is 0 Å². The van der Waals surface area contributed by atoms with Gasteiger partial charge in [0.25, 0.3) is 0 Å². The quantitative estimate of drug-likeness (QED) is 0.292. The van der Waals surface area contributed by atoms with Crippen molar-refractivity contribution in [3.8, 4) is 0 Å². The zero-order valence-corrected chi connectivity index (χ0v) is 21.2. The summed E-state index contributed by atoms with van der Waals surface area (Å²) < 4.78 is 0. The standard InChI is InChI=1S/4C5H12N.Zr/c4*1-3-5-6-4-2;/h4*3-5H2,1-2H3;/q4*-1;+4. The Kier molecular flexibility index (Phi) is 72.9. The van der Waals surface area contributed by atoms with Crippen molar-refractivity contribution in [3.05, 3.63) is 21.3 Å². The van der Waals surface area contributed by atoms with Crippen LogP contribution in [0.2, 0.25) is 0 Å². The molecular weight excluding hydrogens is 387 g/mol. The Morgan fingerprint density at radius 1 is 0.360 bits per heavy atom. The van der Waals surface area contributed by atoms with Gasteiger partial charge in [-0.1, -0.05) is 81.1 Å². The largest absolute Gasteiger partial charge is 4.00 e. The summed E-state index contributed by atoms with van der Waals surface area (Å²) in [6.45, 7) is 24.9. The normalized spacial score (nSPS) is 8.64. The molecule has 0 fully saturated rings. The molecular formula is C20H48N4Zr. The topological polar surface area (TPSA) is 56.4 Å². The van der Waals surface area contributed by atoms with Gasteiger partial charge in [0.1, 0.15) is 0 Å². The minimum absolute atomic E-state index is 0. The summed E-state index contributed by atoms with van der Waals surface area (Å²) in [7, 11) is 0. The smallest absolute Gasteiger partial charge is 0.662 e. The molecule has 0 atom stereocenters. The molecule has 0 aromatic heterocycles. The van der Waals surface area contributed by atoms with E-state index in [0.29, 0.717) is 0 Å². The molecule has 4 nitrogen and oxygen atoms in total.